The number of hydrogen-bond donors (Lipinski definition) is 1. The third-order valence-electron chi connectivity index (χ3n) is 3.65. The summed E-state index contributed by atoms with van der Waals surface area (Å²) in [5, 5.41) is 20.8. The highest BCUT2D eigenvalue weighted by Crippen LogP contribution is 2.44. The van der Waals surface area contributed by atoms with E-state index in [2.05, 4.69) is 15.5 Å². The zero-order chi connectivity index (χ0) is 14.3. The van der Waals surface area contributed by atoms with E-state index in [9.17, 15) is 9.90 Å². The number of hydrogen-bond acceptors (Lipinski definition) is 5. The Kier molecular flexibility index (Phi) is 3.43. The van der Waals surface area contributed by atoms with Gasteiger partial charge in [0.2, 0.25) is 0 Å². The number of tetrazole rings is 1. The van der Waals surface area contributed by atoms with Crippen LogP contribution < -0.4 is 0 Å². The molecule has 2 aromatic heterocycles. The summed E-state index contributed by atoms with van der Waals surface area (Å²) in [6, 6.07) is 1.69. The molecule has 0 spiro atoms. The van der Waals surface area contributed by atoms with Crippen molar-refractivity contribution in [2.45, 2.75) is 25.8 Å². The van der Waals surface area contributed by atoms with Gasteiger partial charge in [-0.05, 0) is 29.3 Å². The van der Waals surface area contributed by atoms with Crippen molar-refractivity contribution in [2.75, 3.05) is 0 Å². The second-order valence-electron chi connectivity index (χ2n) is 4.84. The first-order valence-corrected chi connectivity index (χ1v) is 7.54. The van der Waals surface area contributed by atoms with Crippen LogP contribution in [-0.2, 0) is 11.3 Å². The van der Waals surface area contributed by atoms with E-state index in [1.54, 1.807) is 6.07 Å². The Morgan fingerprint density at radius 1 is 1.50 bits per heavy atom. The summed E-state index contributed by atoms with van der Waals surface area (Å²) in [5.41, 5.74) is -0.136. The molecule has 9 heteroatoms. The van der Waals surface area contributed by atoms with Gasteiger partial charge < -0.3 is 5.11 Å². The molecule has 0 radical (unpaired) electrons. The first-order valence-electron chi connectivity index (χ1n) is 5.97. The molecule has 2 aromatic rings. The molecule has 1 aliphatic carbocycles. The van der Waals surface area contributed by atoms with Gasteiger partial charge in [0, 0.05) is 0 Å². The predicted octanol–water partition coefficient (Wildman–Crippen LogP) is 2.96. The van der Waals surface area contributed by atoms with Crippen LogP contribution in [0.5, 0.6) is 0 Å². The Hall–Kier alpha value is -1.18. The molecule has 0 saturated heterocycles. The molecule has 1 fully saturated rings. The van der Waals surface area contributed by atoms with Crippen LogP contribution in [0.15, 0.2) is 6.07 Å². The average molecular weight is 333 g/mol. The van der Waals surface area contributed by atoms with Gasteiger partial charge in [0.25, 0.3) is 0 Å². The molecule has 0 aromatic carbocycles. The van der Waals surface area contributed by atoms with Crippen LogP contribution in [0.25, 0.3) is 11.4 Å². The first-order chi connectivity index (χ1) is 9.52. The average Bonchev–Trinajstić information content (AvgIpc) is 2.89. The lowest BCUT2D eigenvalue weighted by molar-refractivity contribution is -0.156. The Morgan fingerprint density at radius 3 is 2.75 bits per heavy atom. The molecule has 0 bridgehead atoms. The molecule has 20 heavy (non-hydrogen) atoms. The smallest absolute Gasteiger partial charge is 0.311 e. The lowest BCUT2D eigenvalue weighted by Crippen LogP contribution is -2.42. The van der Waals surface area contributed by atoms with Crippen molar-refractivity contribution in [1.29, 1.82) is 0 Å². The number of halogens is 2. The van der Waals surface area contributed by atoms with Crippen molar-refractivity contribution in [1.82, 2.24) is 20.2 Å². The van der Waals surface area contributed by atoms with Crippen LogP contribution >= 0.6 is 34.5 Å². The van der Waals surface area contributed by atoms with Crippen LogP contribution in [0, 0.1) is 5.41 Å². The highest BCUT2D eigenvalue weighted by molar-refractivity contribution is 7.20. The minimum absolute atomic E-state index is 0.245. The maximum absolute atomic E-state index is 11.4. The van der Waals surface area contributed by atoms with Gasteiger partial charge >= 0.3 is 5.97 Å². The molecule has 0 atom stereocenters. The Bertz CT molecular complexity index is 665. The van der Waals surface area contributed by atoms with Gasteiger partial charge in [0.05, 0.1) is 21.9 Å². The lowest BCUT2D eigenvalue weighted by Gasteiger charge is -2.37. The van der Waals surface area contributed by atoms with Gasteiger partial charge in [-0.3, -0.25) is 4.79 Å². The van der Waals surface area contributed by atoms with E-state index in [1.165, 1.54) is 16.0 Å². The second-order valence-corrected chi connectivity index (χ2v) is 7.12. The SMILES string of the molecule is O=C(O)C1(Cn2nnnc2-c2cc(Cl)sc2Cl)CCC1. The van der Waals surface area contributed by atoms with Crippen LogP contribution in [0.1, 0.15) is 19.3 Å². The Labute approximate surface area is 128 Å². The fourth-order valence-electron chi connectivity index (χ4n) is 2.33. The molecule has 3 rings (SSSR count). The van der Waals surface area contributed by atoms with E-state index in [-0.39, 0.29) is 6.54 Å². The number of carboxylic acid groups (broad SMARTS) is 1. The molecule has 1 N–H and O–H groups in total. The molecule has 0 amide bonds. The number of carbonyl (C=O) groups is 1. The van der Waals surface area contributed by atoms with E-state index < -0.39 is 11.4 Å². The summed E-state index contributed by atoms with van der Waals surface area (Å²) in [5.74, 6) is -0.356. The van der Waals surface area contributed by atoms with Crippen molar-refractivity contribution >= 4 is 40.5 Å². The van der Waals surface area contributed by atoms with Gasteiger partial charge in [-0.15, -0.1) is 16.4 Å². The summed E-state index contributed by atoms with van der Waals surface area (Å²) in [6.07, 6.45) is 2.19. The largest absolute Gasteiger partial charge is 0.481 e. The summed E-state index contributed by atoms with van der Waals surface area (Å²) in [4.78, 5) is 11.4. The van der Waals surface area contributed by atoms with Crippen LogP contribution in [-0.4, -0.2) is 31.3 Å². The second kappa shape index (κ2) is 4.98. The molecule has 0 unspecified atom stereocenters. The van der Waals surface area contributed by atoms with Gasteiger partial charge in [-0.2, -0.15) is 0 Å². The fourth-order valence-corrected chi connectivity index (χ4v) is 3.78. The van der Waals surface area contributed by atoms with E-state index in [0.29, 0.717) is 32.9 Å². The zero-order valence-electron chi connectivity index (χ0n) is 10.2. The molecule has 2 heterocycles. The number of nitrogens with zero attached hydrogens (tertiary/aromatic N) is 4. The van der Waals surface area contributed by atoms with Crippen molar-refractivity contribution in [2.24, 2.45) is 5.41 Å². The van der Waals surface area contributed by atoms with Crippen molar-refractivity contribution in [3.63, 3.8) is 0 Å². The van der Waals surface area contributed by atoms with E-state index in [0.717, 1.165) is 6.42 Å². The van der Waals surface area contributed by atoms with E-state index in [1.807, 2.05) is 0 Å². The van der Waals surface area contributed by atoms with Crippen molar-refractivity contribution < 1.29 is 9.90 Å². The first kappa shape index (κ1) is 13.8. The number of thiophene rings is 1. The quantitative estimate of drug-likeness (QED) is 0.930. The topological polar surface area (TPSA) is 80.9 Å². The van der Waals surface area contributed by atoms with Crippen LogP contribution in [0.3, 0.4) is 0 Å². The van der Waals surface area contributed by atoms with Crippen molar-refractivity contribution in [3.8, 4) is 11.4 Å². The van der Waals surface area contributed by atoms with Crippen LogP contribution in [0.2, 0.25) is 8.67 Å². The summed E-state index contributed by atoms with van der Waals surface area (Å²) in [7, 11) is 0. The summed E-state index contributed by atoms with van der Waals surface area (Å²) in [6.45, 7) is 0.245. The normalized spacial score (nSPS) is 16.9. The molecule has 0 aliphatic heterocycles. The number of aromatic nitrogens is 4. The maximum atomic E-state index is 11.4. The van der Waals surface area contributed by atoms with Crippen molar-refractivity contribution in [3.05, 3.63) is 14.7 Å². The highest BCUT2D eigenvalue weighted by Gasteiger charge is 2.45. The zero-order valence-corrected chi connectivity index (χ0v) is 12.5. The van der Waals surface area contributed by atoms with Gasteiger partial charge in [0.15, 0.2) is 5.82 Å². The highest BCUT2D eigenvalue weighted by atomic mass is 35.5. The number of carboxylic acids is 1. The Morgan fingerprint density at radius 2 is 2.25 bits per heavy atom. The van der Waals surface area contributed by atoms with Crippen LogP contribution in [0.4, 0.5) is 0 Å². The maximum Gasteiger partial charge on any atom is 0.311 e. The minimum atomic E-state index is -0.806. The predicted molar refractivity (Wildman–Crippen MR) is 75.1 cm³/mol. The third-order valence-corrected chi connectivity index (χ3v) is 5.13. The molecule has 106 valence electrons. The Balaban J connectivity index is 1.95. The summed E-state index contributed by atoms with van der Waals surface area (Å²) < 4.78 is 2.53. The molecular formula is C11H10Cl2N4O2S. The standard InChI is InChI=1S/C11H10Cl2N4O2S/c12-7-4-6(8(13)20-7)9-14-15-16-17(9)5-11(10(18)19)2-1-3-11/h4H,1-3,5H2,(H,18,19). The molecular weight excluding hydrogens is 323 g/mol. The molecule has 6 nitrogen and oxygen atoms in total. The summed E-state index contributed by atoms with van der Waals surface area (Å²) >= 11 is 13.2. The van der Waals surface area contributed by atoms with E-state index >= 15 is 0 Å². The number of aliphatic carboxylic acids is 1. The molecule has 1 aliphatic rings. The molecule has 1 saturated carbocycles. The van der Waals surface area contributed by atoms with Gasteiger partial charge in [-0.25, -0.2) is 4.68 Å². The minimum Gasteiger partial charge on any atom is -0.481 e. The van der Waals surface area contributed by atoms with E-state index in [4.69, 9.17) is 23.2 Å². The monoisotopic (exact) mass is 332 g/mol. The van der Waals surface area contributed by atoms with Gasteiger partial charge in [0.1, 0.15) is 4.34 Å². The fraction of sp³-hybridized carbons (Fsp3) is 0.455. The third kappa shape index (κ3) is 2.19. The number of rotatable bonds is 4. The lowest BCUT2D eigenvalue weighted by atomic mass is 9.69. The van der Waals surface area contributed by atoms with Gasteiger partial charge in [-0.1, -0.05) is 29.6 Å².